The molecule has 0 aromatic rings. The fourth-order valence-electron chi connectivity index (χ4n) is 1.72. The molecule has 0 spiro atoms. The van der Waals surface area contributed by atoms with Crippen LogP contribution in [-0.2, 0) is 19.6 Å². The third-order valence-corrected chi connectivity index (χ3v) is 5.22. The molecule has 0 saturated carbocycles. The molecule has 0 aromatic carbocycles. The van der Waals surface area contributed by atoms with Crippen molar-refractivity contribution in [3.05, 3.63) is 0 Å². The lowest BCUT2D eigenvalue weighted by Crippen LogP contribution is -2.43. The maximum absolute atomic E-state index is 12.0. The minimum atomic E-state index is -3.51. The summed E-state index contributed by atoms with van der Waals surface area (Å²) in [4.78, 5) is 10.8. The van der Waals surface area contributed by atoms with E-state index in [-0.39, 0.29) is 11.7 Å². The number of likely N-dealkylation sites (N-methyl/N-ethyl adjacent to an activating group) is 1. The van der Waals surface area contributed by atoms with E-state index in [1.807, 2.05) is 0 Å². The highest BCUT2D eigenvalue weighted by Crippen LogP contribution is 2.19. The summed E-state index contributed by atoms with van der Waals surface area (Å²) >= 11 is 0. The van der Waals surface area contributed by atoms with E-state index in [4.69, 9.17) is 9.84 Å². The van der Waals surface area contributed by atoms with Gasteiger partial charge in [-0.15, -0.1) is 0 Å². The average molecular weight is 265 g/mol. The molecule has 100 valence electrons. The molecule has 0 bridgehead atoms. The molecular formula is C10H19NO5S. The Morgan fingerprint density at radius 1 is 1.47 bits per heavy atom. The number of hydrogen-bond donors (Lipinski definition) is 1. The molecule has 1 fully saturated rings. The van der Waals surface area contributed by atoms with E-state index in [2.05, 4.69) is 0 Å². The SMILES string of the molecule is CC(C(=O)O)N(C)S(=O)(=O)CC1CCOCC1. The van der Waals surface area contributed by atoms with Gasteiger partial charge in [0, 0.05) is 20.3 Å². The summed E-state index contributed by atoms with van der Waals surface area (Å²) < 4.78 is 30.0. The second-order valence-electron chi connectivity index (χ2n) is 4.36. The van der Waals surface area contributed by atoms with E-state index in [0.29, 0.717) is 26.1 Å². The highest BCUT2D eigenvalue weighted by molar-refractivity contribution is 7.89. The van der Waals surface area contributed by atoms with Gasteiger partial charge in [-0.2, -0.15) is 4.31 Å². The van der Waals surface area contributed by atoms with Gasteiger partial charge in [-0.3, -0.25) is 4.79 Å². The van der Waals surface area contributed by atoms with Crippen molar-refractivity contribution in [1.29, 1.82) is 0 Å². The van der Waals surface area contributed by atoms with Gasteiger partial charge in [0.15, 0.2) is 0 Å². The van der Waals surface area contributed by atoms with Crippen molar-refractivity contribution < 1.29 is 23.1 Å². The van der Waals surface area contributed by atoms with Gasteiger partial charge < -0.3 is 9.84 Å². The monoisotopic (exact) mass is 265 g/mol. The zero-order valence-corrected chi connectivity index (χ0v) is 10.9. The molecule has 6 nitrogen and oxygen atoms in total. The van der Waals surface area contributed by atoms with Gasteiger partial charge in [0.1, 0.15) is 6.04 Å². The zero-order valence-electron chi connectivity index (χ0n) is 10.1. The van der Waals surface area contributed by atoms with Crippen molar-refractivity contribution in [1.82, 2.24) is 4.31 Å². The molecule has 0 amide bonds. The van der Waals surface area contributed by atoms with Crippen molar-refractivity contribution in [2.45, 2.75) is 25.8 Å². The zero-order chi connectivity index (χ0) is 13.1. The number of ether oxygens (including phenoxy) is 1. The van der Waals surface area contributed by atoms with Crippen LogP contribution >= 0.6 is 0 Å². The van der Waals surface area contributed by atoms with Crippen molar-refractivity contribution in [2.24, 2.45) is 5.92 Å². The number of nitrogens with zero attached hydrogens (tertiary/aromatic N) is 1. The molecule has 0 radical (unpaired) electrons. The number of rotatable bonds is 5. The molecule has 1 rings (SSSR count). The molecular weight excluding hydrogens is 246 g/mol. The minimum absolute atomic E-state index is 0.00444. The largest absolute Gasteiger partial charge is 0.480 e. The van der Waals surface area contributed by atoms with Crippen LogP contribution in [0.3, 0.4) is 0 Å². The molecule has 17 heavy (non-hydrogen) atoms. The summed E-state index contributed by atoms with van der Waals surface area (Å²) in [5.41, 5.74) is 0. The Labute approximate surface area is 102 Å². The average Bonchev–Trinajstić information content (AvgIpc) is 2.27. The van der Waals surface area contributed by atoms with Crippen LogP contribution in [0.15, 0.2) is 0 Å². The third kappa shape index (κ3) is 3.93. The lowest BCUT2D eigenvalue weighted by Gasteiger charge is -2.26. The maximum atomic E-state index is 12.0. The van der Waals surface area contributed by atoms with Gasteiger partial charge in [0.2, 0.25) is 10.0 Å². The fraction of sp³-hybridized carbons (Fsp3) is 0.900. The molecule has 1 heterocycles. The van der Waals surface area contributed by atoms with Gasteiger partial charge >= 0.3 is 5.97 Å². The number of carboxylic acids is 1. The first-order chi connectivity index (χ1) is 7.84. The van der Waals surface area contributed by atoms with Crippen LogP contribution in [0.4, 0.5) is 0 Å². The number of carboxylic acid groups (broad SMARTS) is 1. The highest BCUT2D eigenvalue weighted by Gasteiger charge is 2.30. The first-order valence-electron chi connectivity index (χ1n) is 5.61. The molecule has 1 aliphatic rings. The normalized spacial score (nSPS) is 20.4. The lowest BCUT2D eigenvalue weighted by atomic mass is 10.0. The van der Waals surface area contributed by atoms with Crippen molar-refractivity contribution in [2.75, 3.05) is 26.0 Å². The number of carbonyl (C=O) groups is 1. The van der Waals surface area contributed by atoms with Crippen LogP contribution < -0.4 is 0 Å². The molecule has 1 saturated heterocycles. The summed E-state index contributed by atoms with van der Waals surface area (Å²) in [6.45, 7) is 2.53. The van der Waals surface area contributed by atoms with Crippen LogP contribution in [0, 0.1) is 5.92 Å². The van der Waals surface area contributed by atoms with Crippen LogP contribution in [0.2, 0.25) is 0 Å². The summed E-state index contributed by atoms with van der Waals surface area (Å²) in [7, 11) is -2.19. The highest BCUT2D eigenvalue weighted by atomic mass is 32.2. The Morgan fingerprint density at radius 3 is 2.47 bits per heavy atom. The van der Waals surface area contributed by atoms with Gasteiger partial charge in [0.25, 0.3) is 0 Å². The standard InChI is InChI=1S/C10H19NO5S/c1-8(10(12)13)11(2)17(14,15)7-9-3-5-16-6-4-9/h8-9H,3-7H2,1-2H3,(H,12,13). The van der Waals surface area contributed by atoms with Gasteiger partial charge in [0.05, 0.1) is 5.75 Å². The molecule has 7 heteroatoms. The molecule has 0 aromatic heterocycles. The summed E-state index contributed by atoms with van der Waals surface area (Å²) in [5, 5.41) is 8.80. The van der Waals surface area contributed by atoms with Crippen LogP contribution in [0.25, 0.3) is 0 Å². The molecule has 1 aliphatic heterocycles. The maximum Gasteiger partial charge on any atom is 0.321 e. The smallest absolute Gasteiger partial charge is 0.321 e. The first kappa shape index (κ1) is 14.4. The predicted octanol–water partition coefficient (Wildman–Crippen LogP) is 0.148. The minimum Gasteiger partial charge on any atom is -0.480 e. The molecule has 1 N–H and O–H groups in total. The van der Waals surface area contributed by atoms with E-state index < -0.39 is 22.0 Å². The number of sulfonamides is 1. The number of hydrogen-bond acceptors (Lipinski definition) is 4. The second kappa shape index (κ2) is 5.79. The van der Waals surface area contributed by atoms with E-state index in [9.17, 15) is 13.2 Å². The second-order valence-corrected chi connectivity index (χ2v) is 6.44. The van der Waals surface area contributed by atoms with Crippen LogP contribution in [-0.4, -0.2) is 55.9 Å². The Hall–Kier alpha value is -0.660. The summed E-state index contributed by atoms with van der Waals surface area (Å²) in [5.74, 6) is -1.06. The first-order valence-corrected chi connectivity index (χ1v) is 7.22. The molecule has 0 aliphatic carbocycles. The Balaban J connectivity index is 2.63. The fourth-order valence-corrected chi connectivity index (χ4v) is 3.46. The Kier molecular flexibility index (Phi) is 4.91. The molecule has 1 unspecified atom stereocenters. The van der Waals surface area contributed by atoms with E-state index in [1.165, 1.54) is 14.0 Å². The summed E-state index contributed by atoms with van der Waals surface area (Å²) in [6, 6.07) is -1.03. The van der Waals surface area contributed by atoms with Crippen LogP contribution in [0.5, 0.6) is 0 Å². The lowest BCUT2D eigenvalue weighted by molar-refractivity contribution is -0.140. The topological polar surface area (TPSA) is 83.9 Å². The predicted molar refractivity (Wildman–Crippen MR) is 62.2 cm³/mol. The Morgan fingerprint density at radius 2 is 2.00 bits per heavy atom. The Bertz CT molecular complexity index is 361. The quantitative estimate of drug-likeness (QED) is 0.765. The van der Waals surface area contributed by atoms with Gasteiger partial charge in [-0.25, -0.2) is 8.42 Å². The third-order valence-electron chi connectivity index (χ3n) is 3.13. The van der Waals surface area contributed by atoms with E-state index >= 15 is 0 Å². The van der Waals surface area contributed by atoms with E-state index in [1.54, 1.807) is 0 Å². The van der Waals surface area contributed by atoms with Crippen molar-refractivity contribution in [3.63, 3.8) is 0 Å². The van der Waals surface area contributed by atoms with Crippen molar-refractivity contribution >= 4 is 16.0 Å². The van der Waals surface area contributed by atoms with Gasteiger partial charge in [-0.05, 0) is 25.7 Å². The number of aliphatic carboxylic acids is 1. The van der Waals surface area contributed by atoms with Crippen molar-refractivity contribution in [3.8, 4) is 0 Å². The molecule has 1 atom stereocenters. The van der Waals surface area contributed by atoms with Crippen LogP contribution in [0.1, 0.15) is 19.8 Å². The van der Waals surface area contributed by atoms with E-state index in [0.717, 1.165) is 4.31 Å². The van der Waals surface area contributed by atoms with Gasteiger partial charge in [-0.1, -0.05) is 0 Å². The summed E-state index contributed by atoms with van der Waals surface area (Å²) in [6.07, 6.45) is 1.43.